The van der Waals surface area contributed by atoms with Gasteiger partial charge in [-0.15, -0.1) is 0 Å². The van der Waals surface area contributed by atoms with Crippen LogP contribution >= 0.6 is 0 Å². The van der Waals surface area contributed by atoms with E-state index in [-0.39, 0.29) is 41.5 Å². The number of ketones is 2. The summed E-state index contributed by atoms with van der Waals surface area (Å²) in [6.45, 7) is 3.67. The number of benzene rings is 3. The second kappa shape index (κ2) is 9.73. The minimum absolute atomic E-state index is 0.127. The second-order valence-electron chi connectivity index (χ2n) is 12.5. The van der Waals surface area contributed by atoms with Crippen LogP contribution in [0.1, 0.15) is 46.6 Å². The van der Waals surface area contributed by atoms with E-state index in [1.165, 1.54) is 18.0 Å². The van der Waals surface area contributed by atoms with E-state index >= 15 is 0 Å². The first-order valence-corrected chi connectivity index (χ1v) is 14.9. The molecule has 3 aromatic rings. The van der Waals surface area contributed by atoms with E-state index in [1.54, 1.807) is 0 Å². The first-order chi connectivity index (χ1) is 20.7. The fourth-order valence-corrected chi connectivity index (χ4v) is 8.56. The number of likely N-dealkylation sites (tertiary alicyclic amines) is 1. The molecule has 7 rings (SSSR count). The fourth-order valence-electron chi connectivity index (χ4n) is 8.56. The number of phenolic OH excluding ortho intramolecular Hbond substituents is 1. The number of nitrogens with zero attached hydrogens (tertiary/aromatic N) is 1. The number of aromatic hydroxyl groups is 1. The monoisotopic (exact) mass is 571 g/mol. The van der Waals surface area contributed by atoms with Gasteiger partial charge in [-0.2, -0.15) is 0 Å². The Bertz CT molecular complexity index is 1750. The number of carbonyl (C=O) groups excluding carboxylic acids is 4. The van der Waals surface area contributed by atoms with Crippen LogP contribution in [0.15, 0.2) is 90.5 Å². The molecule has 6 nitrogen and oxygen atoms in total. The van der Waals surface area contributed by atoms with Crippen molar-refractivity contribution in [3.05, 3.63) is 118 Å². The predicted molar refractivity (Wildman–Crippen MR) is 162 cm³/mol. The van der Waals surface area contributed by atoms with Gasteiger partial charge in [0, 0.05) is 24.5 Å². The average Bonchev–Trinajstić information content (AvgIpc) is 3.24. The van der Waals surface area contributed by atoms with Crippen LogP contribution in [-0.4, -0.2) is 40.4 Å². The number of carbonyl (C=O) groups is 4. The Labute approximate surface area is 250 Å². The maximum atomic E-state index is 14.9. The molecule has 3 aromatic carbocycles. The zero-order valence-electron chi connectivity index (χ0n) is 24.4. The van der Waals surface area contributed by atoms with Gasteiger partial charge in [-0.05, 0) is 66.5 Å². The summed E-state index contributed by atoms with van der Waals surface area (Å²) in [6, 6.07) is 22.6. The van der Waals surface area contributed by atoms with Crippen LogP contribution in [-0.2, 0) is 24.6 Å². The first kappa shape index (κ1) is 27.3. The lowest BCUT2D eigenvalue weighted by Crippen LogP contribution is -2.58. The molecule has 216 valence electrons. The van der Waals surface area contributed by atoms with Gasteiger partial charge < -0.3 is 5.11 Å². The Hall–Kier alpha value is -4.58. The van der Waals surface area contributed by atoms with Crippen molar-refractivity contribution in [2.24, 2.45) is 23.7 Å². The van der Waals surface area contributed by atoms with Gasteiger partial charge in [-0.25, -0.2) is 0 Å². The van der Waals surface area contributed by atoms with Crippen molar-refractivity contribution < 1.29 is 24.3 Å². The van der Waals surface area contributed by atoms with Crippen LogP contribution < -0.4 is 0 Å². The minimum atomic E-state index is -1.26. The largest absolute Gasteiger partial charge is 0.507 e. The van der Waals surface area contributed by atoms with Crippen LogP contribution in [0.5, 0.6) is 5.75 Å². The quantitative estimate of drug-likeness (QED) is 0.333. The number of hydrogen-bond donors (Lipinski definition) is 1. The summed E-state index contributed by atoms with van der Waals surface area (Å²) in [6.07, 6.45) is 4.28. The summed E-state index contributed by atoms with van der Waals surface area (Å²) < 4.78 is 0. The normalized spacial score (nSPS) is 29.9. The molecular weight excluding hydrogens is 538 g/mol. The summed E-state index contributed by atoms with van der Waals surface area (Å²) in [5.41, 5.74) is 3.65. The molecule has 4 aliphatic rings. The molecule has 2 amide bonds. The molecular formula is C37H33NO5. The average molecular weight is 572 g/mol. The van der Waals surface area contributed by atoms with Crippen molar-refractivity contribution in [3.63, 3.8) is 0 Å². The highest BCUT2D eigenvalue weighted by Crippen LogP contribution is 2.63. The Morgan fingerprint density at radius 1 is 0.837 bits per heavy atom. The topological polar surface area (TPSA) is 91.8 Å². The zero-order valence-corrected chi connectivity index (χ0v) is 24.4. The Balaban J connectivity index is 1.54. The van der Waals surface area contributed by atoms with Crippen LogP contribution in [0.3, 0.4) is 0 Å². The number of phenols is 1. The van der Waals surface area contributed by atoms with Gasteiger partial charge in [-0.1, -0.05) is 84.4 Å². The molecule has 1 aliphatic heterocycles. The summed E-state index contributed by atoms with van der Waals surface area (Å²) in [7, 11) is 1.54. The Morgan fingerprint density at radius 2 is 1.47 bits per heavy atom. The standard InChI is InChI=1S/C37H33NO5/c1-20-16-23(17-21(2)33(20)40)32-25-14-15-26-31(36(43)38(3)35(26)42)28(25)18-29-34(41)27(22-10-6-4-7-11-22)19-30(39)37(29,32)24-12-8-5-9-13-24/h4-14,16-17,19,26,28-29,31-32,40H,15,18H2,1-3H3. The van der Waals surface area contributed by atoms with Crippen LogP contribution in [0, 0.1) is 37.5 Å². The summed E-state index contributed by atoms with van der Waals surface area (Å²) >= 11 is 0. The van der Waals surface area contributed by atoms with Crippen LogP contribution in [0.4, 0.5) is 0 Å². The highest BCUT2D eigenvalue weighted by Gasteiger charge is 2.65. The van der Waals surface area contributed by atoms with Crippen LogP contribution in [0.2, 0.25) is 0 Å². The summed E-state index contributed by atoms with van der Waals surface area (Å²) in [5.74, 6) is -3.27. The Morgan fingerprint density at radius 3 is 2.12 bits per heavy atom. The molecule has 1 saturated carbocycles. The minimum Gasteiger partial charge on any atom is -0.507 e. The lowest BCUT2D eigenvalue weighted by atomic mass is 9.44. The van der Waals surface area contributed by atoms with Crippen molar-refractivity contribution in [1.29, 1.82) is 0 Å². The van der Waals surface area contributed by atoms with Gasteiger partial charge in [-0.3, -0.25) is 24.1 Å². The molecule has 3 aliphatic carbocycles. The Kier molecular flexibility index (Phi) is 6.17. The molecule has 0 bridgehead atoms. The molecule has 0 spiro atoms. The first-order valence-electron chi connectivity index (χ1n) is 14.9. The van der Waals surface area contributed by atoms with Crippen molar-refractivity contribution >= 4 is 29.0 Å². The van der Waals surface area contributed by atoms with Gasteiger partial charge in [0.15, 0.2) is 11.6 Å². The number of imide groups is 1. The number of aryl methyl sites for hydroxylation is 2. The zero-order chi connectivity index (χ0) is 30.2. The van der Waals surface area contributed by atoms with E-state index in [0.717, 1.165) is 16.7 Å². The van der Waals surface area contributed by atoms with Gasteiger partial charge in [0.05, 0.1) is 17.3 Å². The SMILES string of the molecule is Cc1cc(C2C3=CCC4C(=O)N(C)C(=O)C4C3CC3C(=O)C(c4ccccc4)=CC(=O)C32c2ccccc2)cc(C)c1O. The molecule has 1 heterocycles. The van der Waals surface area contributed by atoms with E-state index < -0.39 is 29.1 Å². The van der Waals surface area contributed by atoms with E-state index in [4.69, 9.17) is 0 Å². The van der Waals surface area contributed by atoms with Gasteiger partial charge >= 0.3 is 0 Å². The van der Waals surface area contributed by atoms with Crippen molar-refractivity contribution in [2.75, 3.05) is 7.05 Å². The van der Waals surface area contributed by atoms with E-state index in [1.807, 2.05) is 86.6 Å². The van der Waals surface area contributed by atoms with E-state index in [9.17, 15) is 24.3 Å². The number of fused-ring (bicyclic) bond motifs is 4. The molecule has 0 aromatic heterocycles. The van der Waals surface area contributed by atoms with Gasteiger partial charge in [0.1, 0.15) is 5.75 Å². The molecule has 43 heavy (non-hydrogen) atoms. The van der Waals surface area contributed by atoms with Crippen LogP contribution in [0.25, 0.3) is 5.57 Å². The lowest BCUT2D eigenvalue weighted by molar-refractivity contribution is -0.139. The number of allylic oxidation sites excluding steroid dienone is 4. The number of hydrogen-bond acceptors (Lipinski definition) is 5. The van der Waals surface area contributed by atoms with E-state index in [0.29, 0.717) is 28.7 Å². The summed E-state index contributed by atoms with van der Waals surface area (Å²) in [4.78, 5) is 57.7. The fraction of sp³-hybridized carbons (Fsp3) is 0.297. The highest BCUT2D eigenvalue weighted by molar-refractivity contribution is 6.31. The molecule has 6 unspecified atom stereocenters. The second-order valence-corrected chi connectivity index (χ2v) is 12.5. The molecule has 1 N–H and O–H groups in total. The maximum absolute atomic E-state index is 14.9. The van der Waals surface area contributed by atoms with Crippen molar-refractivity contribution in [3.8, 4) is 5.75 Å². The molecule has 6 atom stereocenters. The van der Waals surface area contributed by atoms with Gasteiger partial charge in [0.2, 0.25) is 11.8 Å². The molecule has 0 radical (unpaired) electrons. The number of Topliss-reactive ketones (excluding diaryl/α,β-unsaturated/α-hetero) is 1. The lowest BCUT2D eigenvalue weighted by Gasteiger charge is -2.55. The predicted octanol–water partition coefficient (Wildman–Crippen LogP) is 5.46. The molecule has 2 fully saturated rings. The van der Waals surface area contributed by atoms with Gasteiger partial charge in [0.25, 0.3) is 0 Å². The molecule has 6 heteroatoms. The van der Waals surface area contributed by atoms with Crippen molar-refractivity contribution in [1.82, 2.24) is 4.90 Å². The third-order valence-electron chi connectivity index (χ3n) is 10.4. The smallest absolute Gasteiger partial charge is 0.233 e. The number of amides is 2. The van der Waals surface area contributed by atoms with Crippen molar-refractivity contribution in [2.45, 2.75) is 38.0 Å². The molecule has 1 saturated heterocycles. The third kappa shape index (κ3) is 3.71. The maximum Gasteiger partial charge on any atom is 0.233 e. The number of rotatable bonds is 3. The third-order valence-corrected chi connectivity index (χ3v) is 10.4. The van der Waals surface area contributed by atoms with E-state index in [2.05, 4.69) is 6.08 Å². The highest BCUT2D eigenvalue weighted by atomic mass is 16.3. The summed E-state index contributed by atoms with van der Waals surface area (Å²) in [5, 5.41) is 10.7.